The molecule has 20 heavy (non-hydrogen) atoms. The van der Waals surface area contributed by atoms with E-state index in [1.165, 1.54) is 11.1 Å². The van der Waals surface area contributed by atoms with Gasteiger partial charge in [0.15, 0.2) is 0 Å². The monoisotopic (exact) mass is 269 g/mol. The van der Waals surface area contributed by atoms with E-state index in [9.17, 15) is 0 Å². The summed E-state index contributed by atoms with van der Waals surface area (Å²) in [5.41, 5.74) is 2.63. The highest BCUT2D eigenvalue weighted by molar-refractivity contribution is 5.24. The minimum atomic E-state index is 0.148. The van der Waals surface area contributed by atoms with Crippen LogP contribution in [0.15, 0.2) is 54.6 Å². The van der Waals surface area contributed by atoms with Crippen LogP contribution in [0.25, 0.3) is 0 Å². The van der Waals surface area contributed by atoms with Crippen LogP contribution < -0.4 is 10.1 Å². The number of benzene rings is 2. The summed E-state index contributed by atoms with van der Waals surface area (Å²) in [7, 11) is 0. The average Bonchev–Trinajstić information content (AvgIpc) is 2.44. The van der Waals surface area contributed by atoms with E-state index in [0.717, 1.165) is 12.3 Å². The molecular formula is C18H23NO. The van der Waals surface area contributed by atoms with Crippen LogP contribution in [-0.2, 0) is 13.2 Å². The zero-order valence-corrected chi connectivity index (χ0v) is 12.5. The van der Waals surface area contributed by atoms with E-state index < -0.39 is 0 Å². The van der Waals surface area contributed by atoms with Gasteiger partial charge in [-0.05, 0) is 44.0 Å². The van der Waals surface area contributed by atoms with E-state index >= 15 is 0 Å². The zero-order valence-electron chi connectivity index (χ0n) is 12.5. The molecule has 0 amide bonds. The van der Waals surface area contributed by atoms with Crippen molar-refractivity contribution in [3.63, 3.8) is 0 Å². The van der Waals surface area contributed by atoms with Gasteiger partial charge in [0.2, 0.25) is 0 Å². The molecule has 0 aliphatic rings. The molecule has 0 saturated carbocycles. The molecule has 0 unspecified atom stereocenters. The Bertz CT molecular complexity index is 511. The lowest BCUT2D eigenvalue weighted by Crippen LogP contribution is -2.35. The van der Waals surface area contributed by atoms with Crippen LogP contribution in [0.5, 0.6) is 5.75 Å². The van der Waals surface area contributed by atoms with E-state index in [0.29, 0.717) is 6.61 Å². The van der Waals surface area contributed by atoms with Crippen LogP contribution in [0.4, 0.5) is 0 Å². The Morgan fingerprint density at radius 3 is 2.05 bits per heavy atom. The van der Waals surface area contributed by atoms with E-state index in [4.69, 9.17) is 4.74 Å². The van der Waals surface area contributed by atoms with Crippen molar-refractivity contribution in [2.45, 2.75) is 39.5 Å². The predicted molar refractivity (Wildman–Crippen MR) is 83.8 cm³/mol. The molecule has 2 nitrogen and oxygen atoms in total. The second-order valence-electron chi connectivity index (χ2n) is 6.02. The Labute approximate surface area is 121 Å². The van der Waals surface area contributed by atoms with Crippen molar-refractivity contribution in [3.05, 3.63) is 65.7 Å². The number of nitrogens with one attached hydrogen (secondary N) is 1. The molecule has 0 bridgehead atoms. The first-order chi connectivity index (χ1) is 9.53. The molecule has 0 saturated heterocycles. The Morgan fingerprint density at radius 1 is 0.850 bits per heavy atom. The molecule has 2 rings (SSSR count). The van der Waals surface area contributed by atoms with Crippen LogP contribution >= 0.6 is 0 Å². The summed E-state index contributed by atoms with van der Waals surface area (Å²) in [6.07, 6.45) is 0. The molecule has 2 aromatic rings. The largest absolute Gasteiger partial charge is 0.489 e. The van der Waals surface area contributed by atoms with Crippen molar-refractivity contribution in [2.75, 3.05) is 0 Å². The van der Waals surface area contributed by atoms with Crippen molar-refractivity contribution in [2.24, 2.45) is 0 Å². The second-order valence-corrected chi connectivity index (χ2v) is 6.02. The van der Waals surface area contributed by atoms with Gasteiger partial charge < -0.3 is 10.1 Å². The SMILES string of the molecule is CC(C)(C)NCc1ccc(COc2ccccc2)cc1. The zero-order chi connectivity index (χ0) is 14.4. The lowest BCUT2D eigenvalue weighted by molar-refractivity contribution is 0.306. The summed E-state index contributed by atoms with van der Waals surface area (Å²) in [5, 5.41) is 3.48. The fraction of sp³-hybridized carbons (Fsp3) is 0.333. The fourth-order valence-corrected chi connectivity index (χ4v) is 1.80. The first-order valence-electron chi connectivity index (χ1n) is 7.04. The molecule has 0 heterocycles. The van der Waals surface area contributed by atoms with Crippen LogP contribution in [0.2, 0.25) is 0 Å². The molecule has 0 fully saturated rings. The molecule has 0 aromatic heterocycles. The standard InChI is InChI=1S/C18H23NO/c1-18(2,3)19-13-15-9-11-16(12-10-15)14-20-17-7-5-4-6-8-17/h4-12,19H,13-14H2,1-3H3. The first-order valence-corrected chi connectivity index (χ1v) is 7.04. The van der Waals surface area contributed by atoms with Crippen molar-refractivity contribution < 1.29 is 4.74 Å². The lowest BCUT2D eigenvalue weighted by atomic mass is 10.1. The summed E-state index contributed by atoms with van der Waals surface area (Å²) >= 11 is 0. The predicted octanol–water partition coefficient (Wildman–Crippen LogP) is 4.15. The molecule has 2 heteroatoms. The van der Waals surface area contributed by atoms with Gasteiger partial charge in [-0.2, -0.15) is 0 Å². The molecule has 0 radical (unpaired) electrons. The highest BCUT2D eigenvalue weighted by Gasteiger charge is 2.08. The van der Waals surface area contributed by atoms with E-state index in [1.807, 2.05) is 30.3 Å². The Kier molecular flexibility index (Phi) is 4.80. The number of ether oxygens (including phenoxy) is 1. The van der Waals surface area contributed by atoms with Gasteiger partial charge in [-0.1, -0.05) is 42.5 Å². The normalized spacial score (nSPS) is 11.3. The maximum atomic E-state index is 5.73. The van der Waals surface area contributed by atoms with Gasteiger partial charge in [-0.15, -0.1) is 0 Å². The van der Waals surface area contributed by atoms with E-state index in [2.05, 4.69) is 50.4 Å². The third-order valence-electron chi connectivity index (χ3n) is 2.99. The van der Waals surface area contributed by atoms with Crippen molar-refractivity contribution in [3.8, 4) is 5.75 Å². The molecule has 0 atom stereocenters. The molecular weight excluding hydrogens is 246 g/mol. The maximum Gasteiger partial charge on any atom is 0.119 e. The minimum Gasteiger partial charge on any atom is -0.489 e. The summed E-state index contributed by atoms with van der Waals surface area (Å²) in [6, 6.07) is 18.5. The lowest BCUT2D eigenvalue weighted by Gasteiger charge is -2.20. The number of para-hydroxylation sites is 1. The van der Waals surface area contributed by atoms with Gasteiger partial charge in [0.1, 0.15) is 12.4 Å². The molecule has 2 aromatic carbocycles. The molecule has 0 aliphatic carbocycles. The Hall–Kier alpha value is -1.80. The summed E-state index contributed by atoms with van der Waals surface area (Å²) in [4.78, 5) is 0. The van der Waals surface area contributed by atoms with Crippen molar-refractivity contribution in [1.29, 1.82) is 0 Å². The number of hydrogen-bond donors (Lipinski definition) is 1. The third kappa shape index (κ3) is 5.06. The van der Waals surface area contributed by atoms with Gasteiger partial charge in [0.05, 0.1) is 0 Å². The molecule has 0 aliphatic heterocycles. The Balaban J connectivity index is 1.85. The summed E-state index contributed by atoms with van der Waals surface area (Å²) in [6.45, 7) is 8.03. The van der Waals surface area contributed by atoms with Crippen LogP contribution in [0.3, 0.4) is 0 Å². The smallest absolute Gasteiger partial charge is 0.119 e. The van der Waals surface area contributed by atoms with Crippen LogP contribution in [0, 0.1) is 0 Å². The number of rotatable bonds is 5. The highest BCUT2D eigenvalue weighted by atomic mass is 16.5. The summed E-state index contributed by atoms with van der Waals surface area (Å²) < 4.78 is 5.73. The quantitative estimate of drug-likeness (QED) is 0.880. The van der Waals surface area contributed by atoms with Gasteiger partial charge in [0.25, 0.3) is 0 Å². The molecule has 1 N–H and O–H groups in total. The number of hydrogen-bond acceptors (Lipinski definition) is 2. The molecule has 0 spiro atoms. The third-order valence-corrected chi connectivity index (χ3v) is 2.99. The van der Waals surface area contributed by atoms with Crippen LogP contribution in [0.1, 0.15) is 31.9 Å². The van der Waals surface area contributed by atoms with E-state index in [-0.39, 0.29) is 5.54 Å². The Morgan fingerprint density at radius 2 is 1.45 bits per heavy atom. The first kappa shape index (κ1) is 14.6. The maximum absolute atomic E-state index is 5.73. The second kappa shape index (κ2) is 6.58. The van der Waals surface area contributed by atoms with Crippen molar-refractivity contribution in [1.82, 2.24) is 5.32 Å². The van der Waals surface area contributed by atoms with Gasteiger partial charge in [-0.25, -0.2) is 0 Å². The van der Waals surface area contributed by atoms with Gasteiger partial charge in [-0.3, -0.25) is 0 Å². The minimum absolute atomic E-state index is 0.148. The average molecular weight is 269 g/mol. The fourth-order valence-electron chi connectivity index (χ4n) is 1.80. The van der Waals surface area contributed by atoms with Gasteiger partial charge >= 0.3 is 0 Å². The van der Waals surface area contributed by atoms with Crippen LogP contribution in [-0.4, -0.2) is 5.54 Å². The van der Waals surface area contributed by atoms with Gasteiger partial charge in [0, 0.05) is 12.1 Å². The summed E-state index contributed by atoms with van der Waals surface area (Å²) in [5.74, 6) is 0.908. The van der Waals surface area contributed by atoms with E-state index in [1.54, 1.807) is 0 Å². The van der Waals surface area contributed by atoms with Crippen molar-refractivity contribution >= 4 is 0 Å². The topological polar surface area (TPSA) is 21.3 Å². The highest BCUT2D eigenvalue weighted by Crippen LogP contribution is 2.12. The molecule has 106 valence electrons.